The predicted octanol–water partition coefficient (Wildman–Crippen LogP) is 1.01. The molecule has 0 spiro atoms. The van der Waals surface area contributed by atoms with Gasteiger partial charge < -0.3 is 10.4 Å². The number of hydrogen-bond donors (Lipinski definition) is 2. The van der Waals surface area contributed by atoms with Gasteiger partial charge in [0.05, 0.1) is 29.4 Å². The first-order valence-corrected chi connectivity index (χ1v) is 5.43. The molecule has 0 aliphatic carbocycles. The first-order chi connectivity index (χ1) is 6.59. The second-order valence-corrected chi connectivity index (χ2v) is 4.52. The maximum Gasteiger partial charge on any atom is 0.0632 e. The van der Waals surface area contributed by atoms with Gasteiger partial charge in [-0.25, -0.2) is 0 Å². The lowest BCUT2D eigenvalue weighted by Gasteiger charge is -2.28. The van der Waals surface area contributed by atoms with E-state index >= 15 is 0 Å². The number of aliphatic hydroxyl groups excluding tert-OH is 1. The van der Waals surface area contributed by atoms with Gasteiger partial charge in [-0.1, -0.05) is 6.92 Å². The quantitative estimate of drug-likeness (QED) is 0.832. The van der Waals surface area contributed by atoms with Crippen molar-refractivity contribution in [3.63, 3.8) is 0 Å². The summed E-state index contributed by atoms with van der Waals surface area (Å²) in [6, 6.07) is 0. The van der Waals surface area contributed by atoms with E-state index in [1.807, 2.05) is 24.7 Å². The smallest absolute Gasteiger partial charge is 0.0632 e. The summed E-state index contributed by atoms with van der Waals surface area (Å²) in [6.07, 6.45) is 3.63. The van der Waals surface area contributed by atoms with Gasteiger partial charge in [0.25, 0.3) is 0 Å². The van der Waals surface area contributed by atoms with E-state index in [1.165, 1.54) is 0 Å². The molecule has 80 valence electrons. The fourth-order valence-electron chi connectivity index (χ4n) is 1.37. The van der Waals surface area contributed by atoms with Gasteiger partial charge in [-0.15, -0.1) is 0 Å². The molecule has 0 amide bonds. The molecule has 0 radical (unpaired) electrons. The molecule has 14 heavy (non-hydrogen) atoms. The molecule has 0 aliphatic heterocycles. The van der Waals surface area contributed by atoms with Crippen LogP contribution < -0.4 is 5.32 Å². The normalized spacial score (nSPS) is 15.4. The predicted molar refractivity (Wildman–Crippen MR) is 59.1 cm³/mol. The summed E-state index contributed by atoms with van der Waals surface area (Å²) >= 11 is 3.33. The summed E-state index contributed by atoms with van der Waals surface area (Å²) in [7, 11) is 0. The van der Waals surface area contributed by atoms with E-state index in [4.69, 9.17) is 0 Å². The highest BCUT2D eigenvalue weighted by atomic mass is 79.9. The van der Waals surface area contributed by atoms with Crippen molar-refractivity contribution < 1.29 is 5.11 Å². The molecule has 4 nitrogen and oxygen atoms in total. The maximum atomic E-state index is 9.27. The topological polar surface area (TPSA) is 50.1 Å². The number of hydrogen-bond acceptors (Lipinski definition) is 3. The molecule has 0 saturated heterocycles. The van der Waals surface area contributed by atoms with Crippen molar-refractivity contribution in [2.45, 2.75) is 25.9 Å². The van der Waals surface area contributed by atoms with Crippen LogP contribution in [0.2, 0.25) is 0 Å². The Morgan fingerprint density at radius 1 is 1.71 bits per heavy atom. The maximum absolute atomic E-state index is 9.27. The van der Waals surface area contributed by atoms with Crippen LogP contribution in [0.4, 0.5) is 0 Å². The molecular weight excluding hydrogens is 246 g/mol. The second kappa shape index (κ2) is 4.91. The first-order valence-electron chi connectivity index (χ1n) is 4.63. The summed E-state index contributed by atoms with van der Waals surface area (Å²) in [6.45, 7) is 5.58. The third-order valence-corrected chi connectivity index (χ3v) is 2.47. The number of nitrogens with one attached hydrogen (secondary N) is 1. The monoisotopic (exact) mass is 261 g/mol. The molecule has 1 rings (SSSR count). The standard InChI is InChI=1S/C9H16BrN3O/c1-3-11-9(2,7-14)6-13-5-8(10)4-12-13/h4-5,11,14H,3,6-7H2,1-2H3. The fourth-order valence-corrected chi connectivity index (χ4v) is 1.70. The summed E-state index contributed by atoms with van der Waals surface area (Å²) in [5.41, 5.74) is -0.305. The van der Waals surface area contributed by atoms with Gasteiger partial charge in [0, 0.05) is 6.20 Å². The molecule has 0 saturated carbocycles. The summed E-state index contributed by atoms with van der Waals surface area (Å²) < 4.78 is 2.76. The van der Waals surface area contributed by atoms with Gasteiger partial charge in [0.1, 0.15) is 0 Å². The van der Waals surface area contributed by atoms with Gasteiger partial charge in [-0.3, -0.25) is 4.68 Å². The number of halogens is 1. The van der Waals surface area contributed by atoms with Gasteiger partial charge in [0.15, 0.2) is 0 Å². The largest absolute Gasteiger partial charge is 0.394 e. The van der Waals surface area contributed by atoms with Crippen LogP contribution in [0.25, 0.3) is 0 Å². The second-order valence-electron chi connectivity index (χ2n) is 3.61. The minimum absolute atomic E-state index is 0.0956. The van der Waals surface area contributed by atoms with Gasteiger partial charge in [-0.2, -0.15) is 5.10 Å². The van der Waals surface area contributed by atoms with E-state index < -0.39 is 0 Å². The number of aliphatic hydroxyl groups is 1. The fraction of sp³-hybridized carbons (Fsp3) is 0.667. The highest BCUT2D eigenvalue weighted by Gasteiger charge is 2.22. The van der Waals surface area contributed by atoms with Gasteiger partial charge in [-0.05, 0) is 29.4 Å². The number of likely N-dealkylation sites (N-methyl/N-ethyl adjacent to an activating group) is 1. The van der Waals surface area contributed by atoms with Crippen molar-refractivity contribution in [2.24, 2.45) is 0 Å². The van der Waals surface area contributed by atoms with Crippen molar-refractivity contribution in [2.75, 3.05) is 13.2 Å². The molecule has 5 heteroatoms. The zero-order valence-corrected chi connectivity index (χ0v) is 10.1. The first kappa shape index (κ1) is 11.7. The lowest BCUT2D eigenvalue weighted by Crippen LogP contribution is -2.49. The molecule has 0 aliphatic rings. The van der Waals surface area contributed by atoms with Crippen LogP contribution >= 0.6 is 15.9 Å². The van der Waals surface area contributed by atoms with E-state index in [0.717, 1.165) is 11.0 Å². The van der Waals surface area contributed by atoms with Crippen LogP contribution in [0.1, 0.15) is 13.8 Å². The number of aromatic nitrogens is 2. The van der Waals surface area contributed by atoms with Crippen LogP contribution in [0.5, 0.6) is 0 Å². The minimum Gasteiger partial charge on any atom is -0.394 e. The van der Waals surface area contributed by atoms with E-state index in [-0.39, 0.29) is 12.1 Å². The van der Waals surface area contributed by atoms with E-state index in [0.29, 0.717) is 6.54 Å². The lowest BCUT2D eigenvalue weighted by atomic mass is 10.0. The number of nitrogens with zero attached hydrogens (tertiary/aromatic N) is 2. The molecule has 0 aromatic carbocycles. The lowest BCUT2D eigenvalue weighted by molar-refractivity contribution is 0.155. The summed E-state index contributed by atoms with van der Waals surface area (Å²) in [4.78, 5) is 0. The Balaban J connectivity index is 2.64. The van der Waals surface area contributed by atoms with Crippen LogP contribution in [0.3, 0.4) is 0 Å². The molecule has 0 bridgehead atoms. The average Bonchev–Trinajstić information content (AvgIpc) is 2.51. The average molecular weight is 262 g/mol. The van der Waals surface area contributed by atoms with Crippen LogP contribution in [-0.2, 0) is 6.54 Å². The Hall–Kier alpha value is -0.390. The van der Waals surface area contributed by atoms with Crippen LogP contribution in [0.15, 0.2) is 16.9 Å². The number of rotatable bonds is 5. The molecule has 1 aromatic rings. The highest BCUT2D eigenvalue weighted by Crippen LogP contribution is 2.10. The summed E-state index contributed by atoms with van der Waals surface area (Å²) in [5, 5.41) is 16.7. The van der Waals surface area contributed by atoms with Crippen molar-refractivity contribution in [3.8, 4) is 0 Å². The van der Waals surface area contributed by atoms with E-state index in [9.17, 15) is 5.11 Å². The Labute approximate surface area is 92.4 Å². The Kier molecular flexibility index (Phi) is 4.10. The van der Waals surface area contributed by atoms with Gasteiger partial charge in [0.2, 0.25) is 0 Å². The van der Waals surface area contributed by atoms with Crippen molar-refractivity contribution in [3.05, 3.63) is 16.9 Å². The Morgan fingerprint density at radius 3 is 2.86 bits per heavy atom. The third kappa shape index (κ3) is 3.08. The molecule has 1 heterocycles. The zero-order valence-electron chi connectivity index (χ0n) is 8.50. The summed E-state index contributed by atoms with van der Waals surface area (Å²) in [5.74, 6) is 0. The molecule has 0 fully saturated rings. The molecule has 1 atom stereocenters. The Bertz CT molecular complexity index is 289. The third-order valence-electron chi connectivity index (χ3n) is 2.07. The molecular formula is C9H16BrN3O. The zero-order chi connectivity index (χ0) is 10.6. The van der Waals surface area contributed by atoms with Crippen molar-refractivity contribution in [1.29, 1.82) is 0 Å². The minimum atomic E-state index is -0.305. The van der Waals surface area contributed by atoms with Crippen LogP contribution in [-0.4, -0.2) is 33.6 Å². The van der Waals surface area contributed by atoms with Gasteiger partial charge >= 0.3 is 0 Å². The van der Waals surface area contributed by atoms with Crippen molar-refractivity contribution >= 4 is 15.9 Å². The van der Waals surface area contributed by atoms with E-state index in [1.54, 1.807) is 6.20 Å². The highest BCUT2D eigenvalue weighted by molar-refractivity contribution is 9.10. The molecule has 1 unspecified atom stereocenters. The Morgan fingerprint density at radius 2 is 2.43 bits per heavy atom. The SMILES string of the molecule is CCNC(C)(CO)Cn1cc(Br)cn1. The van der Waals surface area contributed by atoms with E-state index in [2.05, 4.69) is 26.3 Å². The van der Waals surface area contributed by atoms with Crippen LogP contribution in [0, 0.1) is 0 Å². The molecule has 2 N–H and O–H groups in total. The molecule has 1 aromatic heterocycles. The van der Waals surface area contributed by atoms with Crippen molar-refractivity contribution in [1.82, 2.24) is 15.1 Å².